The van der Waals surface area contributed by atoms with Crippen LogP contribution in [0.3, 0.4) is 0 Å². The van der Waals surface area contributed by atoms with Gasteiger partial charge in [-0.05, 0) is 12.5 Å². The maximum Gasteiger partial charge on any atom is 0.407 e. The number of carbonyl (C=O) groups excluding carboxylic acids is 1. The minimum atomic E-state index is -0.430. The number of alkyl carbamates (subject to hydrolysis) is 1. The average molecular weight is 220 g/mol. The molecule has 0 aliphatic carbocycles. The van der Waals surface area contributed by atoms with E-state index in [2.05, 4.69) is 31.7 Å². The van der Waals surface area contributed by atoms with Gasteiger partial charge in [0.1, 0.15) is 0 Å². The van der Waals surface area contributed by atoms with Crippen molar-refractivity contribution in [3.05, 3.63) is 16.3 Å². The minimum absolute atomic E-state index is 0.430. The molecule has 0 aromatic rings. The molecule has 0 fully saturated rings. The number of halogens is 1. The van der Waals surface area contributed by atoms with Crippen LogP contribution < -0.4 is 5.32 Å². The van der Waals surface area contributed by atoms with Crippen molar-refractivity contribution >= 4 is 22.0 Å². The van der Waals surface area contributed by atoms with Crippen LogP contribution in [0.4, 0.5) is 4.79 Å². The Kier molecular flexibility index (Phi) is 5.61. The summed E-state index contributed by atoms with van der Waals surface area (Å²) in [4.78, 5) is 12.1. The molecule has 0 heterocycles. The third-order valence-electron chi connectivity index (χ3n) is 0.984. The Morgan fingerprint density at radius 2 is 2.45 bits per heavy atom. The molecule has 0 unspecified atom stereocenters. The Morgan fingerprint density at radius 1 is 1.82 bits per heavy atom. The van der Waals surface area contributed by atoms with Crippen LogP contribution in [-0.4, -0.2) is 19.7 Å². The fourth-order valence-corrected chi connectivity index (χ4v) is 0.812. The second kappa shape index (κ2) is 6.01. The molecule has 0 aromatic heterocycles. The Balaban J connectivity index is 3.71. The van der Waals surface area contributed by atoms with Crippen LogP contribution >= 0.6 is 15.9 Å². The van der Waals surface area contributed by atoms with Crippen molar-refractivity contribution in [3.8, 4) is 0 Å². The lowest BCUT2D eigenvalue weighted by Crippen LogP contribution is -2.24. The predicted molar refractivity (Wildman–Crippen MR) is 46.6 cm³/mol. The highest BCUT2D eigenvalue weighted by molar-refractivity contribution is 9.11. The van der Waals surface area contributed by atoms with E-state index in [9.17, 15) is 4.79 Å². The van der Waals surface area contributed by atoms with E-state index in [1.807, 2.05) is 6.92 Å². The summed E-state index contributed by atoms with van der Waals surface area (Å²) < 4.78 is 4.37. The fraction of sp³-hybridized carbons (Fsp3) is 0.429. The van der Waals surface area contributed by atoms with Crippen LogP contribution in [0.1, 0.15) is 6.92 Å². The molecule has 0 saturated carbocycles. The molecule has 0 rings (SSSR count). The molecule has 0 radical (unpaired) electrons. The summed E-state index contributed by atoms with van der Waals surface area (Å²) in [6.45, 7) is 2.31. The van der Waals surface area contributed by atoms with Gasteiger partial charge in [0.15, 0.2) is 0 Å². The lowest BCUT2D eigenvalue weighted by molar-refractivity contribution is 0.172. The maximum absolute atomic E-state index is 10.5. The standard InChI is InChI=1S/C7H10BrNO2/c1-6(3-4-8)5-9-7(10)11-2/h4H,5H2,1-2H3,(H,9,10). The van der Waals surface area contributed by atoms with E-state index in [0.717, 1.165) is 5.57 Å². The summed E-state index contributed by atoms with van der Waals surface area (Å²) in [5.41, 5.74) is 3.79. The van der Waals surface area contributed by atoms with Gasteiger partial charge < -0.3 is 10.1 Å². The first kappa shape index (κ1) is 10.3. The normalized spacial score (nSPS) is 7.91. The molecule has 0 bridgehead atoms. The number of carbonyl (C=O) groups is 1. The SMILES string of the molecule is COC(=O)NCC(C)=C=CBr. The Labute approximate surface area is 74.2 Å². The van der Waals surface area contributed by atoms with E-state index < -0.39 is 6.09 Å². The number of hydrogen-bond donors (Lipinski definition) is 1. The van der Waals surface area contributed by atoms with E-state index >= 15 is 0 Å². The van der Waals surface area contributed by atoms with E-state index in [0.29, 0.717) is 6.54 Å². The molecule has 1 amide bonds. The molecule has 11 heavy (non-hydrogen) atoms. The zero-order chi connectivity index (χ0) is 8.69. The number of amides is 1. The summed E-state index contributed by atoms with van der Waals surface area (Å²) in [5, 5.41) is 2.52. The molecule has 3 nitrogen and oxygen atoms in total. The molecule has 0 aliphatic rings. The van der Waals surface area contributed by atoms with Crippen LogP contribution in [0.25, 0.3) is 0 Å². The number of methoxy groups -OCH3 is 1. The molecule has 0 spiro atoms. The highest BCUT2D eigenvalue weighted by atomic mass is 79.9. The van der Waals surface area contributed by atoms with E-state index in [1.54, 1.807) is 4.99 Å². The summed E-state index contributed by atoms with van der Waals surface area (Å²) in [7, 11) is 1.33. The molecule has 0 aliphatic heterocycles. The van der Waals surface area contributed by atoms with Gasteiger partial charge in [-0.2, -0.15) is 0 Å². The highest BCUT2D eigenvalue weighted by Gasteiger charge is 1.95. The first-order chi connectivity index (χ1) is 5.20. The number of nitrogens with one attached hydrogen (secondary N) is 1. The summed E-state index contributed by atoms with van der Waals surface area (Å²) in [6.07, 6.45) is -0.430. The van der Waals surface area contributed by atoms with Crippen LogP contribution in [0.15, 0.2) is 16.3 Å². The lowest BCUT2D eigenvalue weighted by atomic mass is 10.3. The second-order valence-electron chi connectivity index (χ2n) is 1.88. The second-order valence-corrected chi connectivity index (χ2v) is 2.34. The van der Waals surface area contributed by atoms with Gasteiger partial charge in [-0.15, -0.1) is 5.73 Å². The largest absolute Gasteiger partial charge is 0.453 e. The lowest BCUT2D eigenvalue weighted by Gasteiger charge is -2.00. The molecular weight excluding hydrogens is 210 g/mol. The molecule has 0 saturated heterocycles. The summed E-state index contributed by atoms with van der Waals surface area (Å²) in [6, 6.07) is 0. The van der Waals surface area contributed by atoms with Gasteiger partial charge in [0.25, 0.3) is 0 Å². The fourth-order valence-electron chi connectivity index (χ4n) is 0.421. The number of rotatable bonds is 2. The van der Waals surface area contributed by atoms with Gasteiger partial charge in [0, 0.05) is 11.5 Å². The zero-order valence-electron chi connectivity index (χ0n) is 6.48. The molecule has 62 valence electrons. The smallest absolute Gasteiger partial charge is 0.407 e. The van der Waals surface area contributed by atoms with Crippen LogP contribution in [0.2, 0.25) is 0 Å². The van der Waals surface area contributed by atoms with Gasteiger partial charge in [-0.1, -0.05) is 15.9 Å². The van der Waals surface area contributed by atoms with Crippen molar-refractivity contribution in [2.45, 2.75) is 6.92 Å². The third kappa shape index (κ3) is 5.70. The number of hydrogen-bond acceptors (Lipinski definition) is 2. The van der Waals surface area contributed by atoms with Crippen molar-refractivity contribution < 1.29 is 9.53 Å². The van der Waals surface area contributed by atoms with Crippen molar-refractivity contribution in [2.24, 2.45) is 0 Å². The van der Waals surface area contributed by atoms with Gasteiger partial charge in [-0.3, -0.25) is 0 Å². The Hall–Kier alpha value is -0.730. The first-order valence-corrected chi connectivity index (χ1v) is 3.95. The van der Waals surface area contributed by atoms with Crippen LogP contribution in [-0.2, 0) is 4.74 Å². The van der Waals surface area contributed by atoms with Crippen molar-refractivity contribution in [2.75, 3.05) is 13.7 Å². The van der Waals surface area contributed by atoms with Gasteiger partial charge >= 0.3 is 6.09 Å². The topological polar surface area (TPSA) is 38.3 Å². The van der Waals surface area contributed by atoms with Crippen molar-refractivity contribution in [3.63, 3.8) is 0 Å². The number of ether oxygens (including phenoxy) is 1. The van der Waals surface area contributed by atoms with Crippen LogP contribution in [0.5, 0.6) is 0 Å². The molecule has 0 atom stereocenters. The van der Waals surface area contributed by atoms with E-state index in [-0.39, 0.29) is 0 Å². The first-order valence-electron chi connectivity index (χ1n) is 3.03. The third-order valence-corrected chi connectivity index (χ3v) is 1.21. The van der Waals surface area contributed by atoms with Gasteiger partial charge in [0.05, 0.1) is 7.11 Å². The molecule has 4 heteroatoms. The van der Waals surface area contributed by atoms with Crippen molar-refractivity contribution in [1.82, 2.24) is 5.32 Å². The quantitative estimate of drug-likeness (QED) is 0.720. The van der Waals surface area contributed by atoms with Gasteiger partial charge in [0.2, 0.25) is 0 Å². The average Bonchev–Trinajstić information content (AvgIpc) is 2.01. The van der Waals surface area contributed by atoms with E-state index in [1.165, 1.54) is 7.11 Å². The predicted octanol–water partition coefficient (Wildman–Crippen LogP) is 1.80. The van der Waals surface area contributed by atoms with Gasteiger partial charge in [-0.25, -0.2) is 4.79 Å². The maximum atomic E-state index is 10.5. The zero-order valence-corrected chi connectivity index (χ0v) is 8.06. The monoisotopic (exact) mass is 219 g/mol. The van der Waals surface area contributed by atoms with Crippen LogP contribution in [0, 0.1) is 0 Å². The highest BCUT2D eigenvalue weighted by Crippen LogP contribution is 1.88. The summed E-state index contributed by atoms with van der Waals surface area (Å²) in [5.74, 6) is 0. The Morgan fingerprint density at radius 3 is 2.91 bits per heavy atom. The summed E-state index contributed by atoms with van der Waals surface area (Å²) >= 11 is 3.07. The Bertz CT molecular complexity index is 195. The van der Waals surface area contributed by atoms with Crippen molar-refractivity contribution in [1.29, 1.82) is 0 Å². The molecular formula is C7H10BrNO2. The molecule has 1 N–H and O–H groups in total. The minimum Gasteiger partial charge on any atom is -0.453 e. The molecule has 0 aromatic carbocycles. The van der Waals surface area contributed by atoms with E-state index in [4.69, 9.17) is 0 Å².